The first-order chi connectivity index (χ1) is 4.30. The average molecular weight is 140 g/mol. The van der Waals surface area contributed by atoms with Crippen molar-refractivity contribution in [1.82, 2.24) is 4.98 Å². The third-order valence-corrected chi connectivity index (χ3v) is 2.29. The third kappa shape index (κ3) is 1.72. The smallest absolute Gasteiger partial charge is 0.172 e. The molecule has 0 aliphatic rings. The molecule has 48 valence electrons. The van der Waals surface area contributed by atoms with Crippen LogP contribution in [0.2, 0.25) is 0 Å². The first-order valence-electron chi connectivity index (χ1n) is 2.78. The molecule has 1 rings (SSSR count). The highest BCUT2D eigenvalue weighted by Gasteiger charge is 2.04. The van der Waals surface area contributed by atoms with Gasteiger partial charge >= 0.3 is 0 Å². The first kappa shape index (κ1) is 6.62. The Hall–Kier alpha value is -0.500. The largest absolute Gasteiger partial charge is 0.259 e. The molecule has 9 heavy (non-hydrogen) atoms. The Morgan fingerprint density at radius 3 is 2.56 bits per heavy atom. The van der Waals surface area contributed by atoms with Gasteiger partial charge in [0.05, 0.1) is 6.20 Å². The molecule has 0 saturated carbocycles. The summed E-state index contributed by atoms with van der Waals surface area (Å²) < 4.78 is 0. The zero-order chi connectivity index (χ0) is 6.69. The Morgan fingerprint density at radius 2 is 2.22 bits per heavy atom. The van der Waals surface area contributed by atoms with Gasteiger partial charge in [0, 0.05) is 17.1 Å². The molecule has 2 heteroatoms. The minimum atomic E-state index is 0.359. The second-order valence-corrected chi connectivity index (χ2v) is 4.11. The van der Waals surface area contributed by atoms with Crippen molar-refractivity contribution >= 4 is 10.9 Å². The highest BCUT2D eigenvalue weighted by atomic mass is 32.2. The van der Waals surface area contributed by atoms with E-state index in [1.165, 1.54) is 4.90 Å². The summed E-state index contributed by atoms with van der Waals surface area (Å²) in [6.45, 7) is 0. The Bertz CT molecular complexity index is 172. The topological polar surface area (TPSA) is 12.9 Å². The molecule has 1 nitrogen and oxygen atoms in total. The Labute approximate surface area is 58.5 Å². The molecule has 0 radical (unpaired) electrons. The van der Waals surface area contributed by atoms with E-state index in [0.29, 0.717) is 10.9 Å². The number of hydrogen-bond donors (Lipinski definition) is 0. The molecule has 0 bridgehead atoms. The summed E-state index contributed by atoms with van der Waals surface area (Å²) in [7, 11) is 0.359. The van der Waals surface area contributed by atoms with Crippen LogP contribution < -0.4 is 0 Å². The highest BCUT2D eigenvalue weighted by Crippen LogP contribution is 2.04. The second kappa shape index (κ2) is 2.87. The van der Waals surface area contributed by atoms with Crippen LogP contribution in [0.1, 0.15) is 0 Å². The van der Waals surface area contributed by atoms with E-state index in [-0.39, 0.29) is 0 Å². The summed E-state index contributed by atoms with van der Waals surface area (Å²) in [6, 6.07) is 4.08. The number of pyridine rings is 1. The molecule has 0 aliphatic carbocycles. The molecular weight excluding hydrogens is 130 g/mol. The summed E-state index contributed by atoms with van der Waals surface area (Å²) in [6.07, 6.45) is 8.10. The molecule has 0 saturated heterocycles. The van der Waals surface area contributed by atoms with Gasteiger partial charge < -0.3 is 0 Å². The number of nitrogens with zero attached hydrogens (tertiary/aromatic N) is 1. The third-order valence-electron chi connectivity index (χ3n) is 1.11. The quantitative estimate of drug-likeness (QED) is 0.536. The predicted octanol–water partition coefficient (Wildman–Crippen LogP) is 1.32. The van der Waals surface area contributed by atoms with Crippen LogP contribution in [-0.2, 0) is 10.9 Å². The van der Waals surface area contributed by atoms with Crippen molar-refractivity contribution in [1.29, 1.82) is 0 Å². The Morgan fingerprint density at radius 1 is 1.44 bits per heavy atom. The summed E-state index contributed by atoms with van der Waals surface area (Å²) in [5.41, 5.74) is 0. The van der Waals surface area contributed by atoms with E-state index in [2.05, 4.69) is 23.6 Å². The summed E-state index contributed by atoms with van der Waals surface area (Å²) >= 11 is 0. The van der Waals surface area contributed by atoms with Gasteiger partial charge in [0.15, 0.2) is 4.90 Å². The van der Waals surface area contributed by atoms with Gasteiger partial charge in [-0.05, 0) is 12.1 Å². The van der Waals surface area contributed by atoms with E-state index in [0.717, 1.165) is 0 Å². The van der Waals surface area contributed by atoms with E-state index >= 15 is 0 Å². The van der Waals surface area contributed by atoms with Crippen LogP contribution in [0, 0.1) is 0 Å². The molecule has 0 atom stereocenters. The van der Waals surface area contributed by atoms with Crippen LogP contribution in [0.15, 0.2) is 29.4 Å². The molecule has 0 unspecified atom stereocenters. The number of aromatic nitrogens is 1. The SMILES string of the molecule is C[S+](C)c1cccnc1. The molecule has 0 fully saturated rings. The number of hydrogen-bond acceptors (Lipinski definition) is 1. The summed E-state index contributed by atoms with van der Waals surface area (Å²) in [5.74, 6) is 0. The Kier molecular flexibility index (Phi) is 2.11. The predicted molar refractivity (Wildman–Crippen MR) is 41.7 cm³/mol. The van der Waals surface area contributed by atoms with Gasteiger partial charge in [0.2, 0.25) is 0 Å². The molecule has 0 aromatic carbocycles. The molecule has 0 spiro atoms. The fourth-order valence-electron chi connectivity index (χ4n) is 0.589. The van der Waals surface area contributed by atoms with Gasteiger partial charge in [-0.3, -0.25) is 4.98 Å². The van der Waals surface area contributed by atoms with Crippen molar-refractivity contribution < 1.29 is 0 Å². The maximum Gasteiger partial charge on any atom is 0.172 e. The maximum atomic E-state index is 4.01. The van der Waals surface area contributed by atoms with Crippen LogP contribution in [0.3, 0.4) is 0 Å². The Balaban J connectivity index is 2.85. The van der Waals surface area contributed by atoms with Crippen molar-refractivity contribution in [2.75, 3.05) is 12.5 Å². The van der Waals surface area contributed by atoms with Gasteiger partial charge in [-0.25, -0.2) is 0 Å². The first-order valence-corrected chi connectivity index (χ1v) is 4.82. The van der Waals surface area contributed by atoms with Gasteiger partial charge in [-0.1, -0.05) is 0 Å². The van der Waals surface area contributed by atoms with Gasteiger partial charge in [-0.2, -0.15) is 0 Å². The van der Waals surface area contributed by atoms with Gasteiger partial charge in [-0.15, -0.1) is 0 Å². The minimum Gasteiger partial charge on any atom is -0.259 e. The maximum absolute atomic E-state index is 4.01. The van der Waals surface area contributed by atoms with Crippen LogP contribution in [0.5, 0.6) is 0 Å². The number of rotatable bonds is 1. The minimum absolute atomic E-state index is 0.359. The monoisotopic (exact) mass is 140 g/mol. The highest BCUT2D eigenvalue weighted by molar-refractivity contribution is 7.95. The van der Waals surface area contributed by atoms with E-state index < -0.39 is 0 Å². The van der Waals surface area contributed by atoms with Crippen LogP contribution in [0.25, 0.3) is 0 Å². The summed E-state index contributed by atoms with van der Waals surface area (Å²) in [4.78, 5) is 5.34. The molecule has 1 heterocycles. The van der Waals surface area contributed by atoms with E-state index in [1.54, 1.807) is 6.20 Å². The molecule has 1 aromatic rings. The van der Waals surface area contributed by atoms with Crippen molar-refractivity contribution in [2.24, 2.45) is 0 Å². The van der Waals surface area contributed by atoms with Crippen LogP contribution in [-0.4, -0.2) is 17.5 Å². The van der Waals surface area contributed by atoms with E-state index in [4.69, 9.17) is 0 Å². The molecule has 0 amide bonds. The second-order valence-electron chi connectivity index (χ2n) is 2.01. The van der Waals surface area contributed by atoms with Crippen molar-refractivity contribution in [3.63, 3.8) is 0 Å². The lowest BCUT2D eigenvalue weighted by molar-refractivity contribution is 1.23. The standard InChI is InChI=1S/C7H10NS/c1-9(2)7-4-3-5-8-6-7/h3-6H,1-2H3/q+1. The summed E-state index contributed by atoms with van der Waals surface area (Å²) in [5, 5.41) is 0. The molecule has 0 N–H and O–H groups in total. The molecule has 1 aromatic heterocycles. The zero-order valence-corrected chi connectivity index (χ0v) is 6.48. The van der Waals surface area contributed by atoms with Crippen LogP contribution in [0.4, 0.5) is 0 Å². The van der Waals surface area contributed by atoms with Crippen LogP contribution >= 0.6 is 0 Å². The zero-order valence-electron chi connectivity index (χ0n) is 5.66. The lowest BCUT2D eigenvalue weighted by atomic mass is 10.5. The fourth-order valence-corrected chi connectivity index (χ4v) is 1.21. The normalized spacial score (nSPS) is 10.1. The molecular formula is C7H10NS+. The van der Waals surface area contributed by atoms with Crippen molar-refractivity contribution in [3.8, 4) is 0 Å². The van der Waals surface area contributed by atoms with E-state index in [1.807, 2.05) is 12.3 Å². The van der Waals surface area contributed by atoms with Gasteiger partial charge in [0.25, 0.3) is 0 Å². The average Bonchev–Trinajstić information content (AvgIpc) is 1.90. The lowest BCUT2D eigenvalue weighted by Crippen LogP contribution is -1.94. The van der Waals surface area contributed by atoms with E-state index in [9.17, 15) is 0 Å². The molecule has 0 aliphatic heterocycles. The fraction of sp³-hybridized carbons (Fsp3) is 0.286. The van der Waals surface area contributed by atoms with Gasteiger partial charge in [0.1, 0.15) is 12.5 Å². The van der Waals surface area contributed by atoms with Crippen molar-refractivity contribution in [2.45, 2.75) is 4.90 Å². The van der Waals surface area contributed by atoms with Crippen molar-refractivity contribution in [3.05, 3.63) is 24.5 Å². The lowest BCUT2D eigenvalue weighted by Gasteiger charge is -1.91.